The van der Waals surface area contributed by atoms with Crippen LogP contribution in [0.2, 0.25) is 0 Å². The highest BCUT2D eigenvalue weighted by molar-refractivity contribution is 5.52. The zero-order chi connectivity index (χ0) is 11.5. The topological polar surface area (TPSA) is 15.7 Å². The quantitative estimate of drug-likeness (QED) is 0.775. The van der Waals surface area contributed by atoms with E-state index in [-0.39, 0.29) is 0 Å². The Balaban J connectivity index is 2.06. The third kappa shape index (κ3) is 2.13. The third-order valence-corrected chi connectivity index (χ3v) is 2.82. The maximum atomic E-state index is 5.14. The van der Waals surface area contributed by atoms with Gasteiger partial charge in [-0.25, -0.2) is 0 Å². The molecule has 0 spiro atoms. The summed E-state index contributed by atoms with van der Waals surface area (Å²) in [6.07, 6.45) is 4.25. The largest absolute Gasteiger partial charge is 0.497 e. The third-order valence-electron chi connectivity index (χ3n) is 2.82. The average molecular weight is 218 g/mol. The predicted molar refractivity (Wildman–Crippen MR) is 66.5 cm³/mol. The molecule has 0 saturated heterocycles. The molecule has 0 unspecified atom stereocenters. The molecule has 1 aliphatic heterocycles. The van der Waals surface area contributed by atoms with Crippen LogP contribution in [0.1, 0.15) is 13.8 Å². The predicted octanol–water partition coefficient (Wildman–Crippen LogP) is 2.65. The summed E-state index contributed by atoms with van der Waals surface area (Å²) in [7, 11) is 1.69. The first-order valence-corrected chi connectivity index (χ1v) is 5.55. The van der Waals surface area contributed by atoms with E-state index < -0.39 is 0 Å². The molecule has 0 amide bonds. The fraction of sp³-hybridized carbons (Fsp3) is 0.385. The van der Waals surface area contributed by atoms with Gasteiger partial charge in [-0.1, -0.05) is 0 Å². The molecule has 1 aromatic rings. The van der Waals surface area contributed by atoms with Crippen molar-refractivity contribution in [3.8, 4) is 5.75 Å². The molecule has 0 radical (unpaired) electrons. The second-order valence-electron chi connectivity index (χ2n) is 4.22. The van der Waals surface area contributed by atoms with Crippen LogP contribution >= 0.6 is 0 Å². The highest BCUT2D eigenvalue weighted by Crippen LogP contribution is 2.23. The lowest BCUT2D eigenvalue weighted by atomic mass is 10.3. The SMILES string of the molecule is COc1ccc(N2C=CN(C(C)C)C2)cc1. The van der Waals surface area contributed by atoms with Crippen molar-refractivity contribution in [3.05, 3.63) is 36.7 Å². The van der Waals surface area contributed by atoms with Gasteiger partial charge in [0.1, 0.15) is 5.75 Å². The Kier molecular flexibility index (Phi) is 3.04. The smallest absolute Gasteiger partial charge is 0.119 e. The van der Waals surface area contributed by atoms with Crippen molar-refractivity contribution >= 4 is 5.69 Å². The van der Waals surface area contributed by atoms with E-state index in [1.165, 1.54) is 5.69 Å². The van der Waals surface area contributed by atoms with Gasteiger partial charge in [-0.3, -0.25) is 0 Å². The molecule has 2 rings (SSSR count). The van der Waals surface area contributed by atoms with Crippen molar-refractivity contribution in [2.24, 2.45) is 0 Å². The number of hydrogen-bond donors (Lipinski definition) is 0. The molecule has 86 valence electrons. The van der Waals surface area contributed by atoms with Crippen LogP contribution in [0.15, 0.2) is 36.7 Å². The lowest BCUT2D eigenvalue weighted by Gasteiger charge is -2.24. The van der Waals surface area contributed by atoms with E-state index in [0.717, 1.165) is 12.4 Å². The maximum Gasteiger partial charge on any atom is 0.119 e. The van der Waals surface area contributed by atoms with Gasteiger partial charge < -0.3 is 14.5 Å². The fourth-order valence-corrected chi connectivity index (χ4v) is 1.71. The summed E-state index contributed by atoms with van der Waals surface area (Å²) < 4.78 is 5.14. The minimum atomic E-state index is 0.541. The molecule has 0 saturated carbocycles. The maximum absolute atomic E-state index is 5.14. The molecule has 0 aliphatic carbocycles. The molecule has 1 heterocycles. The van der Waals surface area contributed by atoms with E-state index in [1.807, 2.05) is 12.1 Å². The van der Waals surface area contributed by atoms with E-state index >= 15 is 0 Å². The van der Waals surface area contributed by atoms with Crippen molar-refractivity contribution in [2.75, 3.05) is 18.7 Å². The number of methoxy groups -OCH3 is 1. The molecule has 16 heavy (non-hydrogen) atoms. The molecular formula is C13H18N2O. The molecule has 0 fully saturated rings. The minimum absolute atomic E-state index is 0.541. The zero-order valence-electron chi connectivity index (χ0n) is 10.1. The van der Waals surface area contributed by atoms with Gasteiger partial charge >= 0.3 is 0 Å². The molecule has 3 nitrogen and oxygen atoms in total. The van der Waals surface area contributed by atoms with Crippen molar-refractivity contribution in [1.82, 2.24) is 4.90 Å². The monoisotopic (exact) mass is 218 g/mol. The van der Waals surface area contributed by atoms with Gasteiger partial charge in [0.2, 0.25) is 0 Å². The number of rotatable bonds is 3. The lowest BCUT2D eigenvalue weighted by molar-refractivity contribution is 0.336. The van der Waals surface area contributed by atoms with Gasteiger partial charge in [0.25, 0.3) is 0 Å². The van der Waals surface area contributed by atoms with Gasteiger partial charge in [-0.15, -0.1) is 0 Å². The molecular weight excluding hydrogens is 200 g/mol. The molecule has 0 bridgehead atoms. The summed E-state index contributed by atoms with van der Waals surface area (Å²) in [6.45, 7) is 5.31. The van der Waals surface area contributed by atoms with Crippen LogP contribution in [-0.2, 0) is 0 Å². The highest BCUT2D eigenvalue weighted by atomic mass is 16.5. The standard InChI is InChI=1S/C13H18N2O/c1-11(2)14-8-9-15(10-14)12-4-6-13(16-3)7-5-12/h4-9,11H,10H2,1-3H3. The Morgan fingerprint density at radius 1 is 1.12 bits per heavy atom. The van der Waals surface area contributed by atoms with Gasteiger partial charge in [-0.2, -0.15) is 0 Å². The van der Waals surface area contributed by atoms with Gasteiger partial charge in [0, 0.05) is 24.1 Å². The fourth-order valence-electron chi connectivity index (χ4n) is 1.71. The summed E-state index contributed by atoms with van der Waals surface area (Å²) in [5.74, 6) is 0.896. The Morgan fingerprint density at radius 2 is 1.81 bits per heavy atom. The number of nitrogens with zero attached hydrogens (tertiary/aromatic N) is 2. The number of ether oxygens (including phenoxy) is 1. The highest BCUT2D eigenvalue weighted by Gasteiger charge is 2.15. The van der Waals surface area contributed by atoms with Gasteiger partial charge in [0.15, 0.2) is 0 Å². The van der Waals surface area contributed by atoms with E-state index in [1.54, 1.807) is 7.11 Å². The Hall–Kier alpha value is -1.64. The Bertz CT molecular complexity index is 370. The molecule has 1 aliphatic rings. The van der Waals surface area contributed by atoms with Crippen LogP contribution in [0.5, 0.6) is 5.75 Å². The Morgan fingerprint density at radius 3 is 2.31 bits per heavy atom. The zero-order valence-corrected chi connectivity index (χ0v) is 10.1. The van der Waals surface area contributed by atoms with E-state index in [9.17, 15) is 0 Å². The number of benzene rings is 1. The molecule has 3 heteroatoms. The Labute approximate surface area is 96.9 Å². The average Bonchev–Trinajstić information content (AvgIpc) is 2.78. The lowest BCUT2D eigenvalue weighted by Crippen LogP contribution is -2.30. The van der Waals surface area contributed by atoms with Crippen molar-refractivity contribution in [3.63, 3.8) is 0 Å². The first-order valence-electron chi connectivity index (χ1n) is 5.55. The van der Waals surface area contributed by atoms with Crippen LogP contribution in [0, 0.1) is 0 Å². The van der Waals surface area contributed by atoms with Gasteiger partial charge in [0.05, 0.1) is 13.8 Å². The van der Waals surface area contributed by atoms with E-state index in [0.29, 0.717) is 6.04 Å². The molecule has 1 aromatic carbocycles. The number of anilines is 1. The van der Waals surface area contributed by atoms with E-state index in [2.05, 4.69) is 48.2 Å². The summed E-state index contributed by atoms with van der Waals surface area (Å²) in [6, 6.07) is 8.67. The van der Waals surface area contributed by atoms with Crippen molar-refractivity contribution in [2.45, 2.75) is 19.9 Å². The molecule has 0 atom stereocenters. The summed E-state index contributed by atoms with van der Waals surface area (Å²) >= 11 is 0. The molecule has 0 aromatic heterocycles. The summed E-state index contributed by atoms with van der Waals surface area (Å²) in [5, 5.41) is 0. The number of hydrogen-bond acceptors (Lipinski definition) is 3. The first-order chi connectivity index (χ1) is 7.70. The first kappa shape index (κ1) is 10.9. The van der Waals surface area contributed by atoms with Crippen LogP contribution in [0.4, 0.5) is 5.69 Å². The summed E-state index contributed by atoms with van der Waals surface area (Å²) in [4.78, 5) is 4.52. The molecule has 0 N–H and O–H groups in total. The van der Waals surface area contributed by atoms with Crippen LogP contribution < -0.4 is 9.64 Å². The second-order valence-corrected chi connectivity index (χ2v) is 4.22. The van der Waals surface area contributed by atoms with Crippen molar-refractivity contribution < 1.29 is 4.74 Å². The van der Waals surface area contributed by atoms with Crippen LogP contribution in [0.25, 0.3) is 0 Å². The minimum Gasteiger partial charge on any atom is -0.497 e. The van der Waals surface area contributed by atoms with Crippen LogP contribution in [0.3, 0.4) is 0 Å². The van der Waals surface area contributed by atoms with Crippen molar-refractivity contribution in [1.29, 1.82) is 0 Å². The van der Waals surface area contributed by atoms with Gasteiger partial charge in [-0.05, 0) is 38.1 Å². The normalized spacial score (nSPS) is 15.0. The summed E-state index contributed by atoms with van der Waals surface area (Å²) in [5.41, 5.74) is 1.19. The second kappa shape index (κ2) is 4.47. The van der Waals surface area contributed by atoms with E-state index in [4.69, 9.17) is 4.74 Å². The van der Waals surface area contributed by atoms with Crippen LogP contribution in [-0.4, -0.2) is 24.7 Å².